The Labute approximate surface area is 237 Å². The highest BCUT2D eigenvalue weighted by atomic mass is 19.1. The molecule has 0 unspecified atom stereocenters. The maximum absolute atomic E-state index is 13.3. The van der Waals surface area contributed by atoms with Gasteiger partial charge in [-0.15, -0.1) is 0 Å². The van der Waals surface area contributed by atoms with Gasteiger partial charge in [-0.2, -0.15) is 14.4 Å². The van der Waals surface area contributed by atoms with E-state index in [1.807, 2.05) is 6.07 Å². The van der Waals surface area contributed by atoms with Crippen LogP contribution >= 0.6 is 0 Å². The zero-order valence-corrected chi connectivity index (χ0v) is 21.9. The summed E-state index contributed by atoms with van der Waals surface area (Å²) in [6.45, 7) is 0. The van der Waals surface area contributed by atoms with Crippen LogP contribution in [0.4, 0.5) is 10.3 Å². The molecule has 2 aromatic heterocycles. The number of hydrogen-bond acceptors (Lipinski definition) is 10. The van der Waals surface area contributed by atoms with Gasteiger partial charge in [-0.05, 0) is 70.1 Å². The van der Waals surface area contributed by atoms with E-state index in [2.05, 4.69) is 25.3 Å². The number of nitrogens with zero attached hydrogens (tertiary/aromatic N) is 4. The molecule has 0 atom stereocenters. The first-order valence-electron chi connectivity index (χ1n) is 12.6. The molecule has 42 heavy (non-hydrogen) atoms. The van der Waals surface area contributed by atoms with Crippen molar-refractivity contribution < 1.29 is 28.2 Å². The second kappa shape index (κ2) is 11.3. The van der Waals surface area contributed by atoms with E-state index in [9.17, 15) is 14.0 Å². The van der Waals surface area contributed by atoms with Gasteiger partial charge in [0.2, 0.25) is 17.7 Å². The zero-order chi connectivity index (χ0) is 29.1. The maximum atomic E-state index is 13.3. The first-order chi connectivity index (χ1) is 20.5. The molecule has 206 valence electrons. The number of benzene rings is 4. The predicted molar refractivity (Wildman–Crippen MR) is 151 cm³/mol. The van der Waals surface area contributed by atoms with E-state index in [-0.39, 0.29) is 17.0 Å². The maximum Gasteiger partial charge on any atom is 0.346 e. The van der Waals surface area contributed by atoms with Crippen LogP contribution < -0.4 is 14.8 Å². The van der Waals surface area contributed by atoms with Crippen LogP contribution in [0.25, 0.3) is 21.5 Å². The molecule has 4 aromatic carbocycles. The number of carbonyl (C=O) groups excluding carboxylic acids is 2. The number of ether oxygens (including phenoxy) is 3. The smallest absolute Gasteiger partial charge is 0.346 e. The number of carbonyl (C=O) groups is 2. The van der Waals surface area contributed by atoms with Crippen LogP contribution in [-0.4, -0.2) is 38.9 Å². The van der Waals surface area contributed by atoms with Crippen LogP contribution in [-0.2, 0) is 4.74 Å². The molecule has 0 aliphatic rings. The largest absolute Gasteiger partial charge is 0.439 e. The summed E-state index contributed by atoms with van der Waals surface area (Å²) in [7, 11) is 1.71. The first kappa shape index (κ1) is 26.3. The van der Waals surface area contributed by atoms with Gasteiger partial charge in [0, 0.05) is 31.6 Å². The summed E-state index contributed by atoms with van der Waals surface area (Å²) in [4.78, 5) is 41.6. The minimum absolute atomic E-state index is 0.0359. The summed E-state index contributed by atoms with van der Waals surface area (Å²) in [6.07, 6.45) is 1.91. The lowest BCUT2D eigenvalue weighted by atomic mass is 10.0. The molecule has 0 amide bonds. The minimum Gasteiger partial charge on any atom is -0.439 e. The molecule has 0 radical (unpaired) electrons. The second-order valence-corrected chi connectivity index (χ2v) is 8.89. The average Bonchev–Trinajstić information content (AvgIpc) is 3.00. The van der Waals surface area contributed by atoms with Crippen LogP contribution in [0, 0.1) is 6.08 Å². The van der Waals surface area contributed by atoms with Gasteiger partial charge in [-0.3, -0.25) is 0 Å². The number of nitrogens with one attached hydrogen (secondary N) is 1. The van der Waals surface area contributed by atoms with Crippen molar-refractivity contribution in [2.75, 3.05) is 12.4 Å². The highest BCUT2D eigenvalue weighted by Gasteiger charge is 2.19. The summed E-state index contributed by atoms with van der Waals surface area (Å²) >= 11 is 0. The molecule has 0 bridgehead atoms. The third-order valence-corrected chi connectivity index (χ3v) is 6.23. The number of fused-ring (bicyclic) bond motifs is 2. The number of hydrogen-bond donors (Lipinski definition) is 1. The van der Waals surface area contributed by atoms with Crippen LogP contribution in [0.1, 0.15) is 20.7 Å². The van der Waals surface area contributed by atoms with E-state index in [0.717, 1.165) is 0 Å². The third-order valence-electron chi connectivity index (χ3n) is 6.23. The van der Waals surface area contributed by atoms with Crippen molar-refractivity contribution >= 4 is 39.4 Å². The fourth-order valence-corrected chi connectivity index (χ4v) is 4.34. The molecule has 0 saturated heterocycles. The Morgan fingerprint density at radius 1 is 0.690 bits per heavy atom. The molecule has 0 aliphatic carbocycles. The van der Waals surface area contributed by atoms with Gasteiger partial charge >= 0.3 is 18.0 Å². The Hall–Kier alpha value is -5.97. The Kier molecular flexibility index (Phi) is 7.04. The molecule has 6 rings (SSSR count). The van der Waals surface area contributed by atoms with Gasteiger partial charge in [0.15, 0.2) is 0 Å². The average molecular weight is 562 g/mol. The highest BCUT2D eigenvalue weighted by Crippen LogP contribution is 2.29. The molecular formula is C31H20FN5O5. The van der Waals surface area contributed by atoms with Gasteiger partial charge in [0.25, 0.3) is 0 Å². The Morgan fingerprint density at radius 2 is 1.24 bits per heavy atom. The summed E-state index contributed by atoms with van der Waals surface area (Å²) < 4.78 is 30.1. The SMILES string of the molecule is CNc1nccc(Oc2ccc3c(C(=O)OC(=O)c4cccc5cc(Oc6ccnc(F)n6)ccc45)cccc3c2)n1. The number of aromatic nitrogens is 4. The lowest BCUT2D eigenvalue weighted by Crippen LogP contribution is -2.13. The third kappa shape index (κ3) is 5.52. The van der Waals surface area contributed by atoms with E-state index in [1.165, 1.54) is 12.3 Å². The van der Waals surface area contributed by atoms with Crippen molar-refractivity contribution in [2.24, 2.45) is 0 Å². The zero-order valence-electron chi connectivity index (χ0n) is 21.9. The second-order valence-electron chi connectivity index (χ2n) is 8.89. The molecule has 0 aliphatic heterocycles. The first-order valence-corrected chi connectivity index (χ1v) is 12.6. The van der Waals surface area contributed by atoms with Gasteiger partial charge in [0.1, 0.15) is 11.5 Å². The van der Waals surface area contributed by atoms with Gasteiger partial charge in [0.05, 0.1) is 11.1 Å². The van der Waals surface area contributed by atoms with Crippen LogP contribution in [0.3, 0.4) is 0 Å². The summed E-state index contributed by atoms with van der Waals surface area (Å²) in [5.41, 5.74) is 0.419. The monoisotopic (exact) mass is 561 g/mol. The van der Waals surface area contributed by atoms with E-state index in [0.29, 0.717) is 44.9 Å². The Bertz CT molecular complexity index is 1980. The summed E-state index contributed by atoms with van der Waals surface area (Å²) in [5.74, 6) is 0.0918. The molecular weight excluding hydrogens is 541 g/mol. The standard InChI is InChI=1S/C31H20FN5O5/c1-33-31-35-15-13-27(37-31)41-21-9-11-23-19(17-21)5-3-7-25(23)29(39)42-28(38)24-6-2-4-18-16-20(8-10-22(18)24)40-26-12-14-34-30(32)36-26/h2-17H,1H3,(H,33,35,37). The van der Waals surface area contributed by atoms with Crippen molar-refractivity contribution in [3.8, 4) is 23.3 Å². The lowest BCUT2D eigenvalue weighted by Gasteiger charge is -2.11. The van der Waals surface area contributed by atoms with Crippen LogP contribution in [0.15, 0.2) is 97.3 Å². The molecule has 1 N–H and O–H groups in total. The number of esters is 2. The molecule has 11 heteroatoms. The van der Waals surface area contributed by atoms with Gasteiger partial charge in [-0.25, -0.2) is 19.6 Å². The molecule has 0 saturated carbocycles. The van der Waals surface area contributed by atoms with Crippen LogP contribution in [0.2, 0.25) is 0 Å². The molecule has 6 aromatic rings. The van der Waals surface area contributed by atoms with E-state index in [4.69, 9.17) is 14.2 Å². The van der Waals surface area contributed by atoms with Crippen molar-refractivity contribution in [2.45, 2.75) is 0 Å². The van der Waals surface area contributed by atoms with E-state index < -0.39 is 18.0 Å². The Balaban J connectivity index is 1.21. The van der Waals surface area contributed by atoms with Gasteiger partial charge < -0.3 is 19.5 Å². The number of halogens is 1. The summed E-state index contributed by atoms with van der Waals surface area (Å²) in [5, 5.41) is 5.33. The van der Waals surface area contributed by atoms with Crippen molar-refractivity contribution in [3.05, 3.63) is 115 Å². The van der Waals surface area contributed by atoms with E-state index in [1.54, 1.807) is 86.0 Å². The molecule has 0 spiro atoms. The van der Waals surface area contributed by atoms with E-state index >= 15 is 0 Å². The quantitative estimate of drug-likeness (QED) is 0.134. The van der Waals surface area contributed by atoms with Crippen molar-refractivity contribution in [1.82, 2.24) is 19.9 Å². The molecule has 0 fully saturated rings. The predicted octanol–water partition coefficient (Wildman–Crippen LogP) is 6.34. The fraction of sp³-hybridized carbons (Fsp3) is 0.0323. The molecule has 2 heterocycles. The van der Waals surface area contributed by atoms with Crippen LogP contribution in [0.5, 0.6) is 23.3 Å². The fourth-order valence-electron chi connectivity index (χ4n) is 4.34. The topological polar surface area (TPSA) is 125 Å². The van der Waals surface area contributed by atoms with Crippen molar-refractivity contribution in [1.29, 1.82) is 0 Å². The van der Waals surface area contributed by atoms with Crippen molar-refractivity contribution in [3.63, 3.8) is 0 Å². The van der Waals surface area contributed by atoms with Gasteiger partial charge in [-0.1, -0.05) is 24.3 Å². The normalized spacial score (nSPS) is 10.8. The highest BCUT2D eigenvalue weighted by molar-refractivity contribution is 6.13. The number of anilines is 1. The molecule has 10 nitrogen and oxygen atoms in total. The summed E-state index contributed by atoms with van der Waals surface area (Å²) in [6, 6.07) is 23.2. The number of rotatable bonds is 7. The lowest BCUT2D eigenvalue weighted by molar-refractivity contribution is 0.0400. The minimum atomic E-state index is -0.909. The Morgan fingerprint density at radius 3 is 1.79 bits per heavy atom.